The summed E-state index contributed by atoms with van der Waals surface area (Å²) in [6.07, 6.45) is 7.89. The van der Waals surface area contributed by atoms with Crippen molar-refractivity contribution in [3.05, 3.63) is 66.1 Å². The molecule has 3 amide bonds. The largest absolute Gasteiger partial charge is 0.449 e. The van der Waals surface area contributed by atoms with E-state index in [1.165, 1.54) is 25.7 Å². The van der Waals surface area contributed by atoms with Crippen molar-refractivity contribution in [1.82, 2.24) is 20.5 Å². The summed E-state index contributed by atoms with van der Waals surface area (Å²) in [5.74, 6) is -0.0345. The van der Waals surface area contributed by atoms with Crippen molar-refractivity contribution in [2.75, 3.05) is 26.3 Å². The molecule has 322 valence electrons. The van der Waals surface area contributed by atoms with Gasteiger partial charge in [0.15, 0.2) is 11.4 Å². The summed E-state index contributed by atoms with van der Waals surface area (Å²) in [6, 6.07) is 15.3. The minimum atomic E-state index is -1.20. The molecule has 2 aliphatic carbocycles. The molecular formula is C46H64N4O9. The highest BCUT2D eigenvalue weighted by Gasteiger charge is 2.43. The average Bonchev–Trinajstić information content (AvgIpc) is 3.53. The van der Waals surface area contributed by atoms with E-state index in [9.17, 15) is 24.3 Å². The van der Waals surface area contributed by atoms with Gasteiger partial charge < -0.3 is 39.3 Å². The lowest BCUT2D eigenvalue weighted by molar-refractivity contribution is -0.140. The molecule has 0 radical (unpaired) electrons. The van der Waals surface area contributed by atoms with Gasteiger partial charge in [-0.3, -0.25) is 9.59 Å². The second-order valence-corrected chi connectivity index (χ2v) is 17.8. The van der Waals surface area contributed by atoms with Gasteiger partial charge in [0.25, 0.3) is 0 Å². The Labute approximate surface area is 348 Å². The SMILES string of the molecule is CC(C)(C)OC(=O)NCCCC[C@H](CC(=O)[C@@H]1C[C@@H](OCCC2CCCC2)CN1C(=O)[C@@H](CCc1ccccc1)NC(=O)OCC1CC1)C(O)c1nc2ccccc2o1. The van der Waals surface area contributed by atoms with Gasteiger partial charge in [0.05, 0.1) is 18.8 Å². The molecule has 1 unspecified atom stereocenters. The van der Waals surface area contributed by atoms with Crippen molar-refractivity contribution in [2.24, 2.45) is 17.8 Å². The molecule has 2 aromatic carbocycles. The number of fused-ring (bicyclic) bond motifs is 1. The van der Waals surface area contributed by atoms with Gasteiger partial charge in [0.2, 0.25) is 11.8 Å². The molecule has 0 spiro atoms. The van der Waals surface area contributed by atoms with Crippen molar-refractivity contribution in [2.45, 2.75) is 141 Å². The van der Waals surface area contributed by atoms with Crippen LogP contribution in [0.2, 0.25) is 0 Å². The molecule has 59 heavy (non-hydrogen) atoms. The van der Waals surface area contributed by atoms with Gasteiger partial charge in [-0.25, -0.2) is 14.6 Å². The van der Waals surface area contributed by atoms with Crippen LogP contribution in [0.4, 0.5) is 9.59 Å². The minimum Gasteiger partial charge on any atom is -0.449 e. The zero-order chi connectivity index (χ0) is 41.8. The van der Waals surface area contributed by atoms with Crippen molar-refractivity contribution >= 4 is 35.0 Å². The average molecular weight is 817 g/mol. The standard InChI is InChI=1S/C46H64N4O9/c1-46(2,3)59-44(54)47-25-12-11-17-34(41(52)42-48-36-18-9-10-19-40(36)58-42)27-39(51)38-28-35(56-26-24-32-15-7-8-16-32)29-50(38)43(53)37(23-22-31-13-5-4-6-14-31)49-45(55)57-30-33-20-21-33/h4-6,9-10,13-14,18-19,32-35,37-38,41,52H,7-8,11-12,15-17,20-30H2,1-3H3,(H,47,54)(H,49,55)/t34-,35-,37-,38+,41?/m1/s1. The lowest BCUT2D eigenvalue weighted by Gasteiger charge is -2.30. The van der Waals surface area contributed by atoms with Gasteiger partial charge in [-0.15, -0.1) is 0 Å². The van der Waals surface area contributed by atoms with Crippen LogP contribution in [-0.4, -0.2) is 89.0 Å². The molecule has 5 atom stereocenters. The number of Topliss-reactive ketones (excluding diaryl/α,β-unsaturated/α-hetero) is 1. The third-order valence-electron chi connectivity index (χ3n) is 11.7. The molecule has 6 rings (SSSR count). The number of aromatic nitrogens is 1. The summed E-state index contributed by atoms with van der Waals surface area (Å²) in [4.78, 5) is 60.7. The van der Waals surface area contributed by atoms with Gasteiger partial charge in [0, 0.05) is 38.5 Å². The molecule has 0 bridgehead atoms. The smallest absolute Gasteiger partial charge is 0.407 e. The van der Waals surface area contributed by atoms with Crippen LogP contribution in [0.25, 0.3) is 11.1 Å². The number of nitrogens with zero attached hydrogens (tertiary/aromatic N) is 2. The molecule has 13 nitrogen and oxygen atoms in total. The highest BCUT2D eigenvalue weighted by atomic mass is 16.6. The van der Waals surface area contributed by atoms with Crippen LogP contribution in [0.5, 0.6) is 0 Å². The Morgan fingerprint density at radius 3 is 2.41 bits per heavy atom. The van der Waals surface area contributed by atoms with E-state index >= 15 is 0 Å². The van der Waals surface area contributed by atoms with Gasteiger partial charge in [-0.05, 0) is 95.2 Å². The lowest BCUT2D eigenvalue weighted by atomic mass is 9.88. The molecular weight excluding hydrogens is 753 g/mol. The zero-order valence-electron chi connectivity index (χ0n) is 35.1. The second-order valence-electron chi connectivity index (χ2n) is 17.8. The topological polar surface area (TPSA) is 170 Å². The van der Waals surface area contributed by atoms with E-state index < -0.39 is 41.9 Å². The molecule has 3 N–H and O–H groups in total. The monoisotopic (exact) mass is 816 g/mol. The molecule has 1 saturated heterocycles. The minimum absolute atomic E-state index is 0.0475. The third kappa shape index (κ3) is 13.8. The quantitative estimate of drug-likeness (QED) is 0.0901. The Morgan fingerprint density at radius 2 is 1.68 bits per heavy atom. The van der Waals surface area contributed by atoms with E-state index in [0.717, 1.165) is 24.8 Å². The highest BCUT2D eigenvalue weighted by molar-refractivity contribution is 5.93. The molecule has 3 aliphatic rings. The maximum atomic E-state index is 14.7. The van der Waals surface area contributed by atoms with Gasteiger partial charge >= 0.3 is 12.2 Å². The van der Waals surface area contributed by atoms with E-state index in [1.807, 2.05) is 42.5 Å². The number of benzene rings is 2. The molecule has 1 aromatic heterocycles. The van der Waals surface area contributed by atoms with E-state index in [0.29, 0.717) is 81.2 Å². The number of nitrogens with one attached hydrogen (secondary N) is 2. The number of carbonyl (C=O) groups excluding carboxylic acids is 4. The fraction of sp³-hybridized carbons (Fsp3) is 0.630. The van der Waals surface area contributed by atoms with Crippen LogP contribution in [-0.2, 0) is 30.2 Å². The number of aliphatic hydroxyl groups excluding tert-OH is 1. The first-order valence-electron chi connectivity index (χ1n) is 21.8. The summed E-state index contributed by atoms with van der Waals surface area (Å²) in [5.41, 5.74) is 1.54. The predicted molar refractivity (Wildman–Crippen MR) is 222 cm³/mol. The van der Waals surface area contributed by atoms with Gasteiger partial charge in [-0.2, -0.15) is 0 Å². The maximum absolute atomic E-state index is 14.7. The summed E-state index contributed by atoms with van der Waals surface area (Å²) in [6.45, 7) is 6.85. The fourth-order valence-electron chi connectivity index (χ4n) is 8.26. The number of hydrogen-bond donors (Lipinski definition) is 3. The summed E-state index contributed by atoms with van der Waals surface area (Å²) in [7, 11) is 0. The van der Waals surface area contributed by atoms with E-state index in [-0.39, 0.29) is 36.7 Å². The van der Waals surface area contributed by atoms with E-state index in [1.54, 1.807) is 37.8 Å². The number of unbranched alkanes of at least 4 members (excludes halogenated alkanes) is 1. The summed E-state index contributed by atoms with van der Waals surface area (Å²) < 4.78 is 23.2. The Hall–Kier alpha value is -4.49. The Kier molecular flexibility index (Phi) is 15.8. The number of para-hydroxylation sites is 2. The van der Waals surface area contributed by atoms with Gasteiger partial charge in [-0.1, -0.05) is 74.6 Å². The van der Waals surface area contributed by atoms with Crippen LogP contribution in [0.3, 0.4) is 0 Å². The van der Waals surface area contributed by atoms with Gasteiger partial charge in [0.1, 0.15) is 23.3 Å². The molecule has 2 saturated carbocycles. The van der Waals surface area contributed by atoms with Crippen LogP contribution in [0, 0.1) is 17.8 Å². The number of aliphatic hydroxyl groups is 1. The van der Waals surface area contributed by atoms with Crippen molar-refractivity contribution in [1.29, 1.82) is 0 Å². The molecule has 1 aliphatic heterocycles. The number of alkyl carbamates (subject to hydrolysis) is 2. The number of ketones is 1. The Morgan fingerprint density at radius 1 is 0.932 bits per heavy atom. The van der Waals surface area contributed by atoms with Crippen molar-refractivity contribution in [3.8, 4) is 0 Å². The van der Waals surface area contributed by atoms with Crippen LogP contribution >= 0.6 is 0 Å². The van der Waals surface area contributed by atoms with Crippen LogP contribution in [0.1, 0.15) is 122 Å². The second kappa shape index (κ2) is 21.2. The number of oxazole rings is 1. The number of carbonyl (C=O) groups is 4. The number of aryl methyl sites for hydroxylation is 1. The number of rotatable bonds is 21. The highest BCUT2D eigenvalue weighted by Crippen LogP contribution is 2.34. The maximum Gasteiger partial charge on any atom is 0.407 e. The Bertz CT molecular complexity index is 1780. The fourth-order valence-corrected chi connectivity index (χ4v) is 8.26. The first kappa shape index (κ1) is 44.1. The third-order valence-corrected chi connectivity index (χ3v) is 11.7. The summed E-state index contributed by atoms with van der Waals surface area (Å²) in [5, 5.41) is 17.4. The molecule has 3 aromatic rings. The molecule has 2 heterocycles. The number of amides is 3. The lowest BCUT2D eigenvalue weighted by Crippen LogP contribution is -2.52. The number of likely N-dealkylation sites (tertiary alicyclic amines) is 1. The molecule has 13 heteroatoms. The predicted octanol–water partition coefficient (Wildman–Crippen LogP) is 7.84. The van der Waals surface area contributed by atoms with Crippen molar-refractivity contribution in [3.63, 3.8) is 0 Å². The van der Waals surface area contributed by atoms with E-state index in [4.69, 9.17) is 18.6 Å². The van der Waals surface area contributed by atoms with Crippen LogP contribution in [0.15, 0.2) is 59.0 Å². The van der Waals surface area contributed by atoms with E-state index in [2.05, 4.69) is 15.6 Å². The van der Waals surface area contributed by atoms with Crippen LogP contribution < -0.4 is 10.6 Å². The van der Waals surface area contributed by atoms with Crippen molar-refractivity contribution < 1.29 is 42.9 Å². The first-order valence-corrected chi connectivity index (χ1v) is 21.8. The number of ether oxygens (including phenoxy) is 3. The summed E-state index contributed by atoms with van der Waals surface area (Å²) >= 11 is 0. The molecule has 3 fully saturated rings. The Balaban J connectivity index is 1.18. The normalized spacial score (nSPS) is 20.0. The zero-order valence-corrected chi connectivity index (χ0v) is 35.1. The number of hydrogen-bond acceptors (Lipinski definition) is 10. The first-order chi connectivity index (χ1) is 28.4.